The minimum atomic E-state index is 0.789. The Kier molecular flexibility index (Phi) is 2.72. The molecule has 2 unspecified atom stereocenters. The molecule has 0 aromatic heterocycles. The van der Waals surface area contributed by atoms with E-state index in [9.17, 15) is 0 Å². The van der Waals surface area contributed by atoms with Gasteiger partial charge in [-0.25, -0.2) is 0 Å². The van der Waals surface area contributed by atoms with Gasteiger partial charge >= 0.3 is 0 Å². The Balaban J connectivity index is 1.78. The zero-order chi connectivity index (χ0) is 11.0. The Morgan fingerprint density at radius 3 is 3.06 bits per heavy atom. The molecule has 1 aromatic carbocycles. The molecule has 0 saturated carbocycles. The largest absolute Gasteiger partial charge is 0.316 e. The van der Waals surface area contributed by atoms with Crippen molar-refractivity contribution in [1.82, 2.24) is 5.32 Å². The van der Waals surface area contributed by atoms with Gasteiger partial charge in [-0.1, -0.05) is 25.1 Å². The van der Waals surface area contributed by atoms with Crippen LogP contribution in [0.3, 0.4) is 0 Å². The number of aryl methyl sites for hydroxylation is 1. The zero-order valence-corrected chi connectivity index (χ0v) is 10.1. The van der Waals surface area contributed by atoms with E-state index in [0.29, 0.717) is 0 Å². The maximum absolute atomic E-state index is 3.45. The zero-order valence-electron chi connectivity index (χ0n) is 10.1. The van der Waals surface area contributed by atoms with E-state index in [1.165, 1.54) is 38.8 Å². The number of fused-ring (bicyclic) bond motifs is 1. The Morgan fingerprint density at radius 2 is 2.25 bits per heavy atom. The number of benzene rings is 1. The normalized spacial score (nSPS) is 28.3. The minimum Gasteiger partial charge on any atom is -0.316 e. The fraction of sp³-hybridized carbons (Fsp3) is 0.600. The molecule has 1 heterocycles. The Hall–Kier alpha value is -0.820. The van der Waals surface area contributed by atoms with Crippen LogP contribution in [0, 0.1) is 5.92 Å². The average molecular weight is 215 g/mol. The smallest absolute Gasteiger partial charge is 0.00169 e. The maximum Gasteiger partial charge on any atom is -0.00169 e. The summed E-state index contributed by atoms with van der Waals surface area (Å²) in [6.07, 6.45) is 5.27. The second-order valence-electron chi connectivity index (χ2n) is 5.54. The molecule has 0 bridgehead atoms. The summed E-state index contributed by atoms with van der Waals surface area (Å²) in [5.74, 6) is 1.66. The van der Waals surface area contributed by atoms with Gasteiger partial charge in [-0.3, -0.25) is 0 Å². The molecule has 0 radical (unpaired) electrons. The number of rotatable bonds is 2. The molecule has 1 aliphatic heterocycles. The van der Waals surface area contributed by atoms with E-state index < -0.39 is 0 Å². The average Bonchev–Trinajstić information content (AvgIpc) is 2.90. The number of hydrogen-bond acceptors (Lipinski definition) is 1. The van der Waals surface area contributed by atoms with Crippen LogP contribution < -0.4 is 5.32 Å². The molecule has 1 aliphatic carbocycles. The molecule has 1 saturated heterocycles. The molecule has 3 rings (SSSR count). The van der Waals surface area contributed by atoms with E-state index in [0.717, 1.165) is 11.8 Å². The molecule has 1 fully saturated rings. The highest BCUT2D eigenvalue weighted by Gasteiger charge is 2.20. The van der Waals surface area contributed by atoms with Crippen LogP contribution in [0.4, 0.5) is 0 Å². The summed E-state index contributed by atoms with van der Waals surface area (Å²) in [6.45, 7) is 4.80. The van der Waals surface area contributed by atoms with E-state index in [2.05, 4.69) is 30.4 Å². The SMILES string of the molecule is CC1CCc2ccc(CC3CCNC3)cc21. The van der Waals surface area contributed by atoms with Crippen LogP contribution in [0.1, 0.15) is 42.4 Å². The topological polar surface area (TPSA) is 12.0 Å². The molecule has 0 spiro atoms. The van der Waals surface area contributed by atoms with Crippen molar-refractivity contribution >= 4 is 0 Å². The lowest BCUT2D eigenvalue weighted by Gasteiger charge is -2.11. The van der Waals surface area contributed by atoms with Gasteiger partial charge in [0, 0.05) is 0 Å². The third-order valence-electron chi connectivity index (χ3n) is 4.27. The van der Waals surface area contributed by atoms with Crippen molar-refractivity contribution in [2.75, 3.05) is 13.1 Å². The van der Waals surface area contributed by atoms with Crippen LogP contribution >= 0.6 is 0 Å². The van der Waals surface area contributed by atoms with Gasteiger partial charge in [0.1, 0.15) is 0 Å². The number of hydrogen-bond donors (Lipinski definition) is 1. The lowest BCUT2D eigenvalue weighted by molar-refractivity contribution is 0.579. The van der Waals surface area contributed by atoms with Gasteiger partial charge in [-0.15, -0.1) is 0 Å². The predicted octanol–water partition coefficient (Wildman–Crippen LogP) is 2.89. The fourth-order valence-corrected chi connectivity index (χ4v) is 3.21. The summed E-state index contributed by atoms with van der Waals surface area (Å²) in [5.41, 5.74) is 4.78. The molecule has 1 aromatic rings. The Morgan fingerprint density at radius 1 is 1.31 bits per heavy atom. The van der Waals surface area contributed by atoms with E-state index >= 15 is 0 Å². The van der Waals surface area contributed by atoms with Gasteiger partial charge in [0.05, 0.1) is 0 Å². The summed E-state index contributed by atoms with van der Waals surface area (Å²) in [6, 6.07) is 7.21. The summed E-state index contributed by atoms with van der Waals surface area (Å²) < 4.78 is 0. The quantitative estimate of drug-likeness (QED) is 0.800. The van der Waals surface area contributed by atoms with Gasteiger partial charge in [0.25, 0.3) is 0 Å². The highest BCUT2D eigenvalue weighted by Crippen LogP contribution is 2.33. The second-order valence-corrected chi connectivity index (χ2v) is 5.54. The van der Waals surface area contributed by atoms with Crippen molar-refractivity contribution in [3.63, 3.8) is 0 Å². The fourth-order valence-electron chi connectivity index (χ4n) is 3.21. The van der Waals surface area contributed by atoms with Gasteiger partial charge in [0.15, 0.2) is 0 Å². The van der Waals surface area contributed by atoms with Gasteiger partial charge in [-0.2, -0.15) is 0 Å². The lowest BCUT2D eigenvalue weighted by Crippen LogP contribution is -2.10. The third kappa shape index (κ3) is 1.89. The third-order valence-corrected chi connectivity index (χ3v) is 4.27. The van der Waals surface area contributed by atoms with Crippen molar-refractivity contribution in [1.29, 1.82) is 0 Å². The van der Waals surface area contributed by atoms with Crippen LogP contribution in [0.15, 0.2) is 18.2 Å². The highest BCUT2D eigenvalue weighted by molar-refractivity contribution is 5.38. The molecular weight excluding hydrogens is 194 g/mol. The lowest BCUT2D eigenvalue weighted by atomic mass is 9.94. The van der Waals surface area contributed by atoms with E-state index in [1.807, 2.05) is 0 Å². The molecule has 0 amide bonds. The van der Waals surface area contributed by atoms with Gasteiger partial charge in [0.2, 0.25) is 0 Å². The first-order valence-corrected chi connectivity index (χ1v) is 6.65. The van der Waals surface area contributed by atoms with Gasteiger partial charge in [-0.05, 0) is 67.3 Å². The first kappa shape index (κ1) is 10.3. The summed E-state index contributed by atoms with van der Waals surface area (Å²) >= 11 is 0. The van der Waals surface area contributed by atoms with Crippen LogP contribution in [0.5, 0.6) is 0 Å². The second kappa shape index (κ2) is 4.21. The number of nitrogens with one attached hydrogen (secondary N) is 1. The summed E-state index contributed by atoms with van der Waals surface area (Å²) in [5, 5.41) is 3.45. The van der Waals surface area contributed by atoms with Crippen LogP contribution in [0.25, 0.3) is 0 Å². The monoisotopic (exact) mass is 215 g/mol. The van der Waals surface area contributed by atoms with E-state index in [1.54, 1.807) is 16.7 Å². The van der Waals surface area contributed by atoms with Crippen molar-refractivity contribution in [2.45, 2.75) is 38.5 Å². The highest BCUT2D eigenvalue weighted by atomic mass is 14.9. The van der Waals surface area contributed by atoms with E-state index in [-0.39, 0.29) is 0 Å². The molecule has 1 nitrogen and oxygen atoms in total. The molecule has 16 heavy (non-hydrogen) atoms. The predicted molar refractivity (Wildman–Crippen MR) is 67.9 cm³/mol. The van der Waals surface area contributed by atoms with E-state index in [4.69, 9.17) is 0 Å². The molecule has 2 aliphatic rings. The maximum atomic E-state index is 3.45. The van der Waals surface area contributed by atoms with Crippen LogP contribution in [-0.2, 0) is 12.8 Å². The van der Waals surface area contributed by atoms with Crippen molar-refractivity contribution < 1.29 is 0 Å². The standard InChI is InChI=1S/C15H21N/c1-11-2-4-14-5-3-12(9-15(11)14)8-13-6-7-16-10-13/h3,5,9,11,13,16H,2,4,6-8,10H2,1H3. The summed E-state index contributed by atoms with van der Waals surface area (Å²) in [7, 11) is 0. The molecule has 2 atom stereocenters. The molecule has 1 heteroatoms. The van der Waals surface area contributed by atoms with Gasteiger partial charge < -0.3 is 5.32 Å². The first-order chi connectivity index (χ1) is 7.83. The molecule has 86 valence electrons. The van der Waals surface area contributed by atoms with Crippen molar-refractivity contribution in [2.24, 2.45) is 5.92 Å². The van der Waals surface area contributed by atoms with Crippen LogP contribution in [-0.4, -0.2) is 13.1 Å². The first-order valence-electron chi connectivity index (χ1n) is 6.65. The molecular formula is C15H21N. The summed E-state index contributed by atoms with van der Waals surface area (Å²) in [4.78, 5) is 0. The van der Waals surface area contributed by atoms with Crippen molar-refractivity contribution in [3.8, 4) is 0 Å². The minimum absolute atomic E-state index is 0.789. The van der Waals surface area contributed by atoms with Crippen molar-refractivity contribution in [3.05, 3.63) is 34.9 Å². The Bertz CT molecular complexity index is 377. The van der Waals surface area contributed by atoms with Crippen LogP contribution in [0.2, 0.25) is 0 Å². The molecule has 1 N–H and O–H groups in total. The Labute approximate surface area is 98.3 Å².